The number of nitrogens with zero attached hydrogens (tertiary/aromatic N) is 1. The highest BCUT2D eigenvalue weighted by atomic mass is 31.1. The first kappa shape index (κ1) is 19.6. The second-order valence-corrected chi connectivity index (χ2v) is 6.40. The van der Waals surface area contributed by atoms with Crippen LogP contribution >= 0.6 is 8.17 Å². The molecule has 2 atom stereocenters. The summed E-state index contributed by atoms with van der Waals surface area (Å²) in [6.45, 7) is 6.21. The van der Waals surface area contributed by atoms with Gasteiger partial charge < -0.3 is 9.63 Å². The molecule has 5 nitrogen and oxygen atoms in total. The largest absolute Gasteiger partial charge is 0.575 e. The van der Waals surface area contributed by atoms with Gasteiger partial charge in [-0.1, -0.05) is 49.6 Å². The van der Waals surface area contributed by atoms with Crippen LogP contribution in [0.1, 0.15) is 46.5 Å². The zero-order chi connectivity index (χ0) is 17.1. The van der Waals surface area contributed by atoms with E-state index in [0.29, 0.717) is 18.3 Å². The number of ether oxygens (including phenoxy) is 1. The summed E-state index contributed by atoms with van der Waals surface area (Å²) >= 11 is 0. The molecule has 0 N–H and O–H groups in total. The highest BCUT2D eigenvalue weighted by Gasteiger charge is 2.20. The minimum Gasteiger partial charge on any atom is -0.575 e. The Labute approximate surface area is 139 Å². The summed E-state index contributed by atoms with van der Waals surface area (Å²) in [5, 5.41) is 0. The van der Waals surface area contributed by atoms with E-state index in [1.165, 1.54) is 0 Å². The third-order valence-electron chi connectivity index (χ3n) is 3.39. The molecular formula is C17H26NO4P. The predicted molar refractivity (Wildman–Crippen MR) is 90.1 cm³/mol. The van der Waals surface area contributed by atoms with Crippen molar-refractivity contribution in [1.82, 2.24) is 0 Å². The zero-order valence-electron chi connectivity index (χ0n) is 14.1. The molecule has 0 aliphatic heterocycles. The standard InChI is InChI=1S/C17H26NO4P/c1-4-9-15(10-5-2)13-21-17(19)14(3)18-23(20)22-16-11-7-6-8-12-16/h6-8,11-12,14-15H,4-5,9-10,13H2,1-3H3/t14-/m0/s1. The molecule has 1 rings (SSSR count). The molecule has 1 unspecified atom stereocenters. The first-order chi connectivity index (χ1) is 11.1. The highest BCUT2D eigenvalue weighted by molar-refractivity contribution is 7.34. The maximum Gasteiger partial charge on any atom is 0.395 e. The van der Waals surface area contributed by atoms with E-state index in [2.05, 4.69) is 18.6 Å². The van der Waals surface area contributed by atoms with Gasteiger partial charge in [-0.05, 0) is 37.8 Å². The van der Waals surface area contributed by atoms with Crippen molar-refractivity contribution in [2.75, 3.05) is 6.61 Å². The first-order valence-corrected chi connectivity index (χ1v) is 9.27. The van der Waals surface area contributed by atoms with E-state index in [0.717, 1.165) is 25.7 Å². The second-order valence-electron chi connectivity index (χ2n) is 5.51. The van der Waals surface area contributed by atoms with Crippen molar-refractivity contribution in [1.29, 1.82) is 0 Å². The van der Waals surface area contributed by atoms with Crippen LogP contribution in [-0.4, -0.2) is 18.6 Å². The minimum atomic E-state index is -2.29. The monoisotopic (exact) mass is 339 g/mol. The zero-order valence-corrected chi connectivity index (χ0v) is 15.0. The van der Waals surface area contributed by atoms with Gasteiger partial charge in [0.1, 0.15) is 0 Å². The summed E-state index contributed by atoms with van der Waals surface area (Å²) in [6, 6.07) is 7.96. The van der Waals surface area contributed by atoms with Gasteiger partial charge in [-0.3, -0.25) is 4.52 Å². The lowest BCUT2D eigenvalue weighted by atomic mass is 9.99. The summed E-state index contributed by atoms with van der Waals surface area (Å²) < 4.78 is 14.3. The van der Waals surface area contributed by atoms with E-state index >= 15 is 0 Å². The first-order valence-electron chi connectivity index (χ1n) is 8.14. The fourth-order valence-corrected chi connectivity index (χ4v) is 2.96. The fourth-order valence-electron chi connectivity index (χ4n) is 2.23. The van der Waals surface area contributed by atoms with Crippen LogP contribution < -0.4 is 9.42 Å². The Morgan fingerprint density at radius 3 is 2.39 bits per heavy atom. The average Bonchev–Trinajstić information content (AvgIpc) is 2.53. The molecule has 128 valence electrons. The van der Waals surface area contributed by atoms with Gasteiger partial charge in [0.05, 0.1) is 6.61 Å². The number of para-hydroxylation sites is 1. The van der Waals surface area contributed by atoms with Gasteiger partial charge in [0.15, 0.2) is 11.8 Å². The van der Waals surface area contributed by atoms with Crippen LogP contribution in [-0.2, 0) is 9.53 Å². The number of carbonyl (C=O) groups is 1. The molecule has 0 spiro atoms. The van der Waals surface area contributed by atoms with Crippen molar-refractivity contribution in [3.63, 3.8) is 0 Å². The van der Waals surface area contributed by atoms with Gasteiger partial charge >= 0.3 is 14.1 Å². The van der Waals surface area contributed by atoms with Crippen molar-refractivity contribution in [2.45, 2.75) is 52.5 Å². The van der Waals surface area contributed by atoms with Crippen molar-refractivity contribution < 1.29 is 18.9 Å². The van der Waals surface area contributed by atoms with Gasteiger partial charge in [0.25, 0.3) is 0 Å². The van der Waals surface area contributed by atoms with Gasteiger partial charge in [-0.2, -0.15) is 0 Å². The number of hydrogen-bond acceptors (Lipinski definition) is 5. The van der Waals surface area contributed by atoms with Crippen LogP contribution in [0.2, 0.25) is 0 Å². The Morgan fingerprint density at radius 2 is 1.83 bits per heavy atom. The molecule has 0 heterocycles. The molecule has 1 aromatic carbocycles. The highest BCUT2D eigenvalue weighted by Crippen LogP contribution is 2.24. The minimum absolute atomic E-state index is 0.385. The Balaban J connectivity index is 2.47. The lowest BCUT2D eigenvalue weighted by molar-refractivity contribution is -0.169. The summed E-state index contributed by atoms with van der Waals surface area (Å²) in [6.07, 6.45) is 4.22. The third kappa shape index (κ3) is 8.10. The van der Waals surface area contributed by atoms with E-state index < -0.39 is 20.2 Å². The molecule has 6 heteroatoms. The maximum atomic E-state index is 11.9. The molecule has 0 amide bonds. The molecule has 0 bridgehead atoms. The smallest absolute Gasteiger partial charge is 0.395 e. The molecule has 0 aliphatic carbocycles. The molecule has 0 saturated heterocycles. The SMILES string of the molecule is CCCC(CCC)COC(=O)[C@H](C)N=[P+]([O-])Oc1ccccc1. The summed E-state index contributed by atoms with van der Waals surface area (Å²) in [4.78, 5) is 23.8. The Morgan fingerprint density at radius 1 is 1.22 bits per heavy atom. The van der Waals surface area contributed by atoms with Crippen molar-refractivity contribution >= 4 is 14.1 Å². The Kier molecular flexibility index (Phi) is 9.49. The van der Waals surface area contributed by atoms with Crippen molar-refractivity contribution in [2.24, 2.45) is 10.7 Å². The molecule has 0 aliphatic rings. The number of hydrogen-bond donors (Lipinski definition) is 0. The predicted octanol–water partition coefficient (Wildman–Crippen LogP) is 4.07. The number of esters is 1. The number of rotatable bonds is 10. The van der Waals surface area contributed by atoms with Gasteiger partial charge in [-0.25, -0.2) is 4.79 Å². The lowest BCUT2D eigenvalue weighted by Crippen LogP contribution is -2.22. The average molecular weight is 339 g/mol. The van der Waals surface area contributed by atoms with E-state index in [-0.39, 0.29) is 0 Å². The molecule has 0 fully saturated rings. The molecule has 1 aromatic rings. The van der Waals surface area contributed by atoms with E-state index in [9.17, 15) is 9.69 Å². The summed E-state index contributed by atoms with van der Waals surface area (Å²) in [5.41, 5.74) is 0. The van der Waals surface area contributed by atoms with Gasteiger partial charge in [-0.15, -0.1) is 0 Å². The van der Waals surface area contributed by atoms with Crippen LogP contribution in [0, 0.1) is 5.92 Å². The van der Waals surface area contributed by atoms with E-state index in [4.69, 9.17) is 9.26 Å². The van der Waals surface area contributed by atoms with Crippen LogP contribution in [0.25, 0.3) is 0 Å². The number of carbonyl (C=O) groups excluding carboxylic acids is 1. The van der Waals surface area contributed by atoms with Crippen LogP contribution in [0.5, 0.6) is 5.75 Å². The van der Waals surface area contributed by atoms with Crippen molar-refractivity contribution in [3.05, 3.63) is 30.3 Å². The third-order valence-corrected chi connectivity index (χ3v) is 4.29. The Hall–Kier alpha value is -1.45. The normalized spacial score (nSPS) is 13.0. The maximum absolute atomic E-state index is 11.9. The van der Waals surface area contributed by atoms with Crippen LogP contribution in [0.4, 0.5) is 0 Å². The molecule has 23 heavy (non-hydrogen) atoms. The van der Waals surface area contributed by atoms with Crippen LogP contribution in [0.3, 0.4) is 0 Å². The topological polar surface area (TPSA) is 71.0 Å². The van der Waals surface area contributed by atoms with E-state index in [1.54, 1.807) is 31.2 Å². The van der Waals surface area contributed by atoms with Crippen LogP contribution in [0.15, 0.2) is 35.1 Å². The summed E-state index contributed by atoms with van der Waals surface area (Å²) in [5.74, 6) is 0.390. The van der Waals surface area contributed by atoms with Crippen molar-refractivity contribution in [3.8, 4) is 5.75 Å². The lowest BCUT2D eigenvalue weighted by Gasteiger charge is -2.15. The summed E-state index contributed by atoms with van der Waals surface area (Å²) in [7, 11) is -2.29. The molecule has 0 aromatic heterocycles. The molecule has 0 saturated carbocycles. The number of benzene rings is 1. The van der Waals surface area contributed by atoms with Gasteiger partial charge in [0.2, 0.25) is 0 Å². The fraction of sp³-hybridized carbons (Fsp3) is 0.588. The molecule has 0 radical (unpaired) electrons. The van der Waals surface area contributed by atoms with E-state index in [1.807, 2.05) is 6.07 Å². The quantitative estimate of drug-likeness (QED) is 0.476. The second kappa shape index (κ2) is 11.1. The molecular weight excluding hydrogens is 313 g/mol. The van der Waals surface area contributed by atoms with Gasteiger partial charge in [0, 0.05) is 0 Å². The Bertz CT molecular complexity index is 487.